The molecule has 1 N–H and O–H groups in total. The highest BCUT2D eigenvalue weighted by Gasteiger charge is 2.41. The fourth-order valence-corrected chi connectivity index (χ4v) is 5.19. The molecule has 118 valence electrons. The number of anilines is 1. The summed E-state index contributed by atoms with van der Waals surface area (Å²) in [4.78, 5) is 4.47. The second kappa shape index (κ2) is 5.81. The zero-order valence-corrected chi connectivity index (χ0v) is 14.1. The summed E-state index contributed by atoms with van der Waals surface area (Å²) in [6, 6.07) is 0.295. The maximum Gasteiger partial charge on any atom is 0.216 e. The highest BCUT2D eigenvalue weighted by atomic mass is 32.2. The molecule has 6 nitrogen and oxygen atoms in total. The van der Waals surface area contributed by atoms with Crippen LogP contribution in [0.5, 0.6) is 0 Å². The van der Waals surface area contributed by atoms with Crippen LogP contribution in [-0.2, 0) is 10.0 Å². The molecule has 1 saturated carbocycles. The van der Waals surface area contributed by atoms with Crippen LogP contribution < -0.4 is 5.32 Å². The lowest BCUT2D eigenvalue weighted by atomic mass is 10.1. The normalized spacial score (nSPS) is 21.9. The number of nitrogens with one attached hydrogen (secondary N) is 1. The molecule has 8 heteroatoms. The van der Waals surface area contributed by atoms with Crippen molar-refractivity contribution in [3.63, 3.8) is 0 Å². The van der Waals surface area contributed by atoms with Crippen molar-refractivity contribution in [2.45, 2.75) is 56.7 Å². The van der Waals surface area contributed by atoms with Gasteiger partial charge in [0.25, 0.3) is 0 Å². The van der Waals surface area contributed by atoms with Crippen LogP contribution >= 0.6 is 11.5 Å². The van der Waals surface area contributed by atoms with E-state index in [-0.39, 0.29) is 5.25 Å². The van der Waals surface area contributed by atoms with Crippen molar-refractivity contribution in [3.05, 3.63) is 5.82 Å². The SMILES string of the molecule is CC(C)c1nsc(NC2CCN(S(=O)(=O)C3CC3)CC2)n1. The van der Waals surface area contributed by atoms with E-state index < -0.39 is 10.0 Å². The lowest BCUT2D eigenvalue weighted by molar-refractivity contribution is 0.329. The zero-order valence-electron chi connectivity index (χ0n) is 12.4. The van der Waals surface area contributed by atoms with Crippen molar-refractivity contribution in [3.8, 4) is 0 Å². The molecular weight excluding hydrogens is 308 g/mol. The highest BCUT2D eigenvalue weighted by Crippen LogP contribution is 2.32. The Labute approximate surface area is 130 Å². The standard InChI is InChI=1S/C13H22N4O2S2/c1-9(2)12-15-13(20-16-12)14-10-5-7-17(8-6-10)21(18,19)11-3-4-11/h9-11H,3-8H2,1-2H3,(H,14,15,16). The molecule has 3 rings (SSSR count). The van der Waals surface area contributed by atoms with Gasteiger partial charge >= 0.3 is 0 Å². The predicted molar refractivity (Wildman–Crippen MR) is 84.2 cm³/mol. The van der Waals surface area contributed by atoms with Crippen molar-refractivity contribution in [1.29, 1.82) is 0 Å². The van der Waals surface area contributed by atoms with Crippen molar-refractivity contribution in [1.82, 2.24) is 13.7 Å². The molecule has 0 atom stereocenters. The molecule has 0 spiro atoms. The molecule has 1 aromatic heterocycles. The Morgan fingerprint density at radius 3 is 2.43 bits per heavy atom. The Kier molecular flexibility index (Phi) is 4.20. The monoisotopic (exact) mass is 330 g/mol. The minimum atomic E-state index is -3.01. The molecule has 1 aliphatic carbocycles. The summed E-state index contributed by atoms with van der Waals surface area (Å²) < 4.78 is 30.4. The van der Waals surface area contributed by atoms with E-state index in [0.717, 1.165) is 36.6 Å². The van der Waals surface area contributed by atoms with Gasteiger partial charge in [-0.05, 0) is 25.7 Å². The van der Waals surface area contributed by atoms with E-state index in [4.69, 9.17) is 0 Å². The summed E-state index contributed by atoms with van der Waals surface area (Å²) in [6.07, 6.45) is 3.34. The summed E-state index contributed by atoms with van der Waals surface area (Å²) in [5.74, 6) is 1.21. The maximum atomic E-state index is 12.2. The number of aromatic nitrogens is 2. The van der Waals surface area contributed by atoms with E-state index in [0.29, 0.717) is 25.0 Å². The third-order valence-corrected chi connectivity index (χ3v) is 7.10. The highest BCUT2D eigenvalue weighted by molar-refractivity contribution is 7.90. The number of hydrogen-bond donors (Lipinski definition) is 1. The molecular formula is C13H22N4O2S2. The number of hydrogen-bond acceptors (Lipinski definition) is 6. The van der Waals surface area contributed by atoms with Gasteiger partial charge in [-0.2, -0.15) is 4.37 Å². The topological polar surface area (TPSA) is 75.2 Å². The quantitative estimate of drug-likeness (QED) is 0.894. The zero-order chi connectivity index (χ0) is 15.0. The lowest BCUT2D eigenvalue weighted by Crippen LogP contribution is -2.43. The molecule has 0 aromatic carbocycles. The smallest absolute Gasteiger partial charge is 0.216 e. The first-order valence-electron chi connectivity index (χ1n) is 7.56. The first kappa shape index (κ1) is 15.2. The molecule has 1 aliphatic heterocycles. The number of sulfonamides is 1. The van der Waals surface area contributed by atoms with Crippen LogP contribution in [0.4, 0.5) is 5.13 Å². The Hall–Kier alpha value is -0.730. The van der Waals surface area contributed by atoms with Gasteiger partial charge in [-0.1, -0.05) is 13.8 Å². The van der Waals surface area contributed by atoms with Crippen LogP contribution in [0.25, 0.3) is 0 Å². The van der Waals surface area contributed by atoms with Crippen LogP contribution in [0.1, 0.15) is 51.3 Å². The average Bonchev–Trinajstić information content (AvgIpc) is 3.21. The third kappa shape index (κ3) is 3.37. The second-order valence-corrected chi connectivity index (χ2v) is 9.14. The summed E-state index contributed by atoms with van der Waals surface area (Å²) in [6.45, 7) is 5.39. The molecule has 2 fully saturated rings. The summed E-state index contributed by atoms with van der Waals surface area (Å²) in [5.41, 5.74) is 0. The molecule has 21 heavy (non-hydrogen) atoms. The molecule has 0 amide bonds. The molecule has 1 aromatic rings. The summed E-state index contributed by atoms with van der Waals surface area (Å²) in [7, 11) is -3.01. The predicted octanol–water partition coefficient (Wildman–Crippen LogP) is 2.03. The Morgan fingerprint density at radius 1 is 1.24 bits per heavy atom. The van der Waals surface area contributed by atoms with Gasteiger partial charge < -0.3 is 5.32 Å². The van der Waals surface area contributed by atoms with Gasteiger partial charge in [-0.25, -0.2) is 17.7 Å². The first-order valence-corrected chi connectivity index (χ1v) is 9.83. The maximum absolute atomic E-state index is 12.2. The first-order chi connectivity index (χ1) is 9.96. The fraction of sp³-hybridized carbons (Fsp3) is 0.846. The Morgan fingerprint density at radius 2 is 1.90 bits per heavy atom. The van der Waals surface area contributed by atoms with Crippen molar-refractivity contribution < 1.29 is 8.42 Å². The van der Waals surface area contributed by atoms with Gasteiger partial charge in [0, 0.05) is 36.6 Å². The van der Waals surface area contributed by atoms with E-state index in [1.807, 2.05) is 0 Å². The molecule has 0 radical (unpaired) electrons. The van der Waals surface area contributed by atoms with Crippen LogP contribution in [0.15, 0.2) is 0 Å². The average molecular weight is 330 g/mol. The van der Waals surface area contributed by atoms with Gasteiger partial charge in [-0.15, -0.1) is 0 Å². The van der Waals surface area contributed by atoms with Crippen LogP contribution in [0.2, 0.25) is 0 Å². The number of piperidine rings is 1. The van der Waals surface area contributed by atoms with E-state index in [1.54, 1.807) is 4.31 Å². The molecule has 0 unspecified atom stereocenters. The molecule has 2 aliphatic rings. The summed E-state index contributed by atoms with van der Waals surface area (Å²) >= 11 is 1.39. The number of rotatable bonds is 5. The van der Waals surface area contributed by atoms with Crippen molar-refractivity contribution in [2.24, 2.45) is 0 Å². The molecule has 2 heterocycles. The van der Waals surface area contributed by atoms with Crippen LogP contribution in [0.3, 0.4) is 0 Å². The minimum absolute atomic E-state index is 0.0984. The van der Waals surface area contributed by atoms with Gasteiger partial charge in [-0.3, -0.25) is 0 Å². The van der Waals surface area contributed by atoms with Gasteiger partial charge in [0.2, 0.25) is 15.2 Å². The van der Waals surface area contributed by atoms with E-state index in [2.05, 4.69) is 28.5 Å². The van der Waals surface area contributed by atoms with Crippen molar-refractivity contribution in [2.75, 3.05) is 18.4 Å². The molecule has 1 saturated heterocycles. The van der Waals surface area contributed by atoms with Gasteiger partial charge in [0.1, 0.15) is 5.82 Å². The van der Waals surface area contributed by atoms with Crippen LogP contribution in [-0.4, -0.2) is 46.5 Å². The third-order valence-electron chi connectivity index (χ3n) is 4.05. The Bertz CT molecular complexity index is 587. The van der Waals surface area contributed by atoms with Gasteiger partial charge in [0.05, 0.1) is 5.25 Å². The summed E-state index contributed by atoms with van der Waals surface area (Å²) in [5, 5.41) is 4.15. The van der Waals surface area contributed by atoms with Gasteiger partial charge in [0.15, 0.2) is 0 Å². The fourth-order valence-electron chi connectivity index (χ4n) is 2.53. The van der Waals surface area contributed by atoms with Crippen molar-refractivity contribution >= 4 is 26.7 Å². The second-order valence-electron chi connectivity index (χ2n) is 6.17. The number of nitrogens with zero attached hydrogens (tertiary/aromatic N) is 3. The van der Waals surface area contributed by atoms with E-state index >= 15 is 0 Å². The lowest BCUT2D eigenvalue weighted by Gasteiger charge is -2.31. The van der Waals surface area contributed by atoms with Crippen LogP contribution in [0, 0.1) is 0 Å². The largest absolute Gasteiger partial charge is 0.357 e. The van der Waals surface area contributed by atoms with E-state index in [9.17, 15) is 8.42 Å². The van der Waals surface area contributed by atoms with E-state index in [1.165, 1.54) is 11.5 Å². The minimum Gasteiger partial charge on any atom is -0.357 e. The molecule has 0 bridgehead atoms. The Balaban J connectivity index is 1.53.